The van der Waals surface area contributed by atoms with Gasteiger partial charge in [0.15, 0.2) is 0 Å². The highest BCUT2D eigenvalue weighted by Gasteiger charge is 2.10. The van der Waals surface area contributed by atoms with Gasteiger partial charge in [0.2, 0.25) is 5.91 Å². The highest BCUT2D eigenvalue weighted by molar-refractivity contribution is 6.30. The Morgan fingerprint density at radius 2 is 2.17 bits per heavy atom. The predicted octanol–water partition coefficient (Wildman–Crippen LogP) is 4.49. The van der Waals surface area contributed by atoms with E-state index in [0.717, 1.165) is 11.3 Å². The molecule has 0 aromatic heterocycles. The quantitative estimate of drug-likeness (QED) is 0.453. The van der Waals surface area contributed by atoms with Gasteiger partial charge in [0.05, 0.1) is 6.61 Å². The lowest BCUT2D eigenvalue weighted by Gasteiger charge is -2.16. The van der Waals surface area contributed by atoms with Crippen LogP contribution in [0.4, 0.5) is 0 Å². The Hall–Kier alpha value is -1.55. The van der Waals surface area contributed by atoms with E-state index in [1.165, 1.54) is 32.1 Å². The maximum atomic E-state index is 11.7. The molecule has 0 atom stereocenters. The number of hydrogen-bond donors (Lipinski definition) is 1. The van der Waals surface area contributed by atoms with E-state index < -0.39 is 0 Å². The molecule has 0 aliphatic heterocycles. The second kappa shape index (κ2) is 9.56. The summed E-state index contributed by atoms with van der Waals surface area (Å²) in [6.45, 7) is 2.45. The van der Waals surface area contributed by atoms with Crippen molar-refractivity contribution in [3.63, 3.8) is 0 Å². The number of aryl methyl sites for hydroxylation is 1. The largest absolute Gasteiger partial charge is 0.493 e. The molecule has 1 saturated carbocycles. The molecule has 1 aromatic carbocycles. The Balaban J connectivity index is 1.60. The fourth-order valence-electron chi connectivity index (χ4n) is 2.74. The molecular formula is C18H25ClN2O2. The van der Waals surface area contributed by atoms with Crippen molar-refractivity contribution in [2.45, 2.75) is 51.9 Å². The molecule has 1 fully saturated rings. The number of ether oxygens (including phenoxy) is 1. The van der Waals surface area contributed by atoms with E-state index in [-0.39, 0.29) is 5.91 Å². The molecule has 1 aliphatic carbocycles. The van der Waals surface area contributed by atoms with Crippen molar-refractivity contribution in [1.82, 2.24) is 5.43 Å². The highest BCUT2D eigenvalue weighted by atomic mass is 35.5. The van der Waals surface area contributed by atoms with Crippen LogP contribution in [-0.2, 0) is 4.79 Å². The van der Waals surface area contributed by atoms with E-state index in [0.29, 0.717) is 30.4 Å². The van der Waals surface area contributed by atoms with Crippen molar-refractivity contribution in [1.29, 1.82) is 0 Å². The molecule has 0 spiro atoms. The number of carbonyl (C=O) groups excluding carboxylic acids is 1. The lowest BCUT2D eigenvalue weighted by atomic mass is 9.90. The standard InChI is InChI=1S/C18H25ClN2O2/c1-14-12-16(19)9-10-17(14)23-11-5-8-18(22)21-20-13-15-6-3-2-4-7-15/h9-10,12-13,15H,2-8,11H2,1H3,(H,21,22). The van der Waals surface area contributed by atoms with Gasteiger partial charge in [-0.25, -0.2) is 5.43 Å². The van der Waals surface area contributed by atoms with Crippen LogP contribution in [0.2, 0.25) is 5.02 Å². The van der Waals surface area contributed by atoms with Crippen LogP contribution in [0.15, 0.2) is 23.3 Å². The lowest BCUT2D eigenvalue weighted by molar-refractivity contribution is -0.121. The first-order valence-corrected chi connectivity index (χ1v) is 8.74. The number of nitrogens with zero attached hydrogens (tertiary/aromatic N) is 1. The number of benzene rings is 1. The maximum absolute atomic E-state index is 11.7. The fraction of sp³-hybridized carbons (Fsp3) is 0.556. The van der Waals surface area contributed by atoms with Gasteiger partial charge in [-0.2, -0.15) is 5.10 Å². The normalized spacial score (nSPS) is 15.7. The van der Waals surface area contributed by atoms with E-state index in [2.05, 4.69) is 10.5 Å². The van der Waals surface area contributed by atoms with Crippen LogP contribution in [0.5, 0.6) is 5.75 Å². The van der Waals surface area contributed by atoms with Crippen LogP contribution in [0.1, 0.15) is 50.5 Å². The maximum Gasteiger partial charge on any atom is 0.240 e. The molecule has 0 saturated heterocycles. The van der Waals surface area contributed by atoms with Gasteiger partial charge in [-0.15, -0.1) is 0 Å². The molecule has 126 valence electrons. The van der Waals surface area contributed by atoms with Gasteiger partial charge >= 0.3 is 0 Å². The summed E-state index contributed by atoms with van der Waals surface area (Å²) in [4.78, 5) is 11.7. The van der Waals surface area contributed by atoms with Crippen molar-refractivity contribution in [2.75, 3.05) is 6.61 Å². The lowest BCUT2D eigenvalue weighted by Crippen LogP contribution is -2.19. The molecule has 1 N–H and O–H groups in total. The van der Waals surface area contributed by atoms with E-state index in [9.17, 15) is 4.79 Å². The molecule has 2 rings (SSSR count). The number of amides is 1. The summed E-state index contributed by atoms with van der Waals surface area (Å²) in [6.07, 6.45) is 9.20. The topological polar surface area (TPSA) is 50.7 Å². The van der Waals surface area contributed by atoms with Crippen LogP contribution in [0.3, 0.4) is 0 Å². The molecule has 0 radical (unpaired) electrons. The monoisotopic (exact) mass is 336 g/mol. The smallest absolute Gasteiger partial charge is 0.240 e. The van der Waals surface area contributed by atoms with E-state index >= 15 is 0 Å². The van der Waals surface area contributed by atoms with Gasteiger partial charge < -0.3 is 4.74 Å². The number of carbonyl (C=O) groups is 1. The Kier molecular flexibility index (Phi) is 7.40. The first kappa shape index (κ1) is 17.8. The molecule has 1 amide bonds. The van der Waals surface area contributed by atoms with Crippen LogP contribution >= 0.6 is 11.6 Å². The zero-order valence-electron chi connectivity index (χ0n) is 13.7. The van der Waals surface area contributed by atoms with Crippen LogP contribution < -0.4 is 10.2 Å². The second-order valence-corrected chi connectivity index (χ2v) is 6.51. The van der Waals surface area contributed by atoms with Gasteiger partial charge in [0.1, 0.15) is 5.75 Å². The SMILES string of the molecule is Cc1cc(Cl)ccc1OCCCC(=O)NN=CC1CCCCC1. The number of hydrazone groups is 1. The summed E-state index contributed by atoms with van der Waals surface area (Å²) in [5, 5.41) is 4.77. The first-order chi connectivity index (χ1) is 11.1. The average Bonchev–Trinajstić information content (AvgIpc) is 2.54. The molecular weight excluding hydrogens is 312 g/mol. The number of hydrogen-bond acceptors (Lipinski definition) is 3. The van der Waals surface area contributed by atoms with Crippen molar-refractivity contribution in [3.05, 3.63) is 28.8 Å². The summed E-state index contributed by atoms with van der Waals surface area (Å²) >= 11 is 5.90. The van der Waals surface area contributed by atoms with Gasteiger partial charge in [-0.3, -0.25) is 4.79 Å². The van der Waals surface area contributed by atoms with Crippen molar-refractivity contribution >= 4 is 23.7 Å². The summed E-state index contributed by atoms with van der Waals surface area (Å²) in [5.74, 6) is 1.28. The third-order valence-corrected chi connectivity index (χ3v) is 4.30. The molecule has 1 aromatic rings. The summed E-state index contributed by atoms with van der Waals surface area (Å²) < 4.78 is 5.66. The Morgan fingerprint density at radius 3 is 2.91 bits per heavy atom. The minimum atomic E-state index is -0.0616. The molecule has 1 aliphatic rings. The van der Waals surface area contributed by atoms with Gasteiger partial charge in [0.25, 0.3) is 0 Å². The summed E-state index contributed by atoms with van der Waals surface area (Å²) in [6, 6.07) is 5.52. The highest BCUT2D eigenvalue weighted by Crippen LogP contribution is 2.22. The fourth-order valence-corrected chi connectivity index (χ4v) is 2.97. The Bertz CT molecular complexity index is 540. The van der Waals surface area contributed by atoms with Crippen molar-refractivity contribution in [3.8, 4) is 5.75 Å². The third kappa shape index (κ3) is 6.61. The van der Waals surface area contributed by atoms with Crippen LogP contribution in [-0.4, -0.2) is 18.7 Å². The molecule has 5 heteroatoms. The van der Waals surface area contributed by atoms with Crippen LogP contribution in [0.25, 0.3) is 0 Å². The van der Waals surface area contributed by atoms with E-state index in [4.69, 9.17) is 16.3 Å². The second-order valence-electron chi connectivity index (χ2n) is 6.07. The zero-order chi connectivity index (χ0) is 16.5. The third-order valence-electron chi connectivity index (χ3n) is 4.07. The molecule has 0 bridgehead atoms. The minimum Gasteiger partial charge on any atom is -0.493 e. The summed E-state index contributed by atoms with van der Waals surface area (Å²) in [5.41, 5.74) is 3.60. The average molecular weight is 337 g/mol. The van der Waals surface area contributed by atoms with E-state index in [1.54, 1.807) is 6.07 Å². The number of nitrogens with one attached hydrogen (secondary N) is 1. The minimum absolute atomic E-state index is 0.0616. The molecule has 23 heavy (non-hydrogen) atoms. The first-order valence-electron chi connectivity index (χ1n) is 8.36. The molecule has 0 heterocycles. The Morgan fingerprint density at radius 1 is 1.39 bits per heavy atom. The number of halogens is 1. The zero-order valence-corrected chi connectivity index (χ0v) is 14.4. The molecule has 4 nitrogen and oxygen atoms in total. The van der Waals surface area contributed by atoms with E-state index in [1.807, 2.05) is 25.3 Å². The number of rotatable bonds is 7. The van der Waals surface area contributed by atoms with Gasteiger partial charge in [0, 0.05) is 17.7 Å². The van der Waals surface area contributed by atoms with Crippen molar-refractivity contribution in [2.24, 2.45) is 11.0 Å². The molecule has 0 unspecified atom stereocenters. The van der Waals surface area contributed by atoms with Gasteiger partial charge in [-0.1, -0.05) is 30.9 Å². The van der Waals surface area contributed by atoms with Crippen molar-refractivity contribution < 1.29 is 9.53 Å². The Labute approximate surface area is 143 Å². The van der Waals surface area contributed by atoms with Crippen LogP contribution in [0, 0.1) is 12.8 Å². The summed E-state index contributed by atoms with van der Waals surface area (Å²) in [7, 11) is 0. The van der Waals surface area contributed by atoms with Gasteiger partial charge in [-0.05, 0) is 55.9 Å². The predicted molar refractivity (Wildman–Crippen MR) is 94.1 cm³/mol.